The number of aliphatic hydroxyl groups excluding tert-OH is 1. The van der Waals surface area contributed by atoms with Gasteiger partial charge in [0.25, 0.3) is 0 Å². The van der Waals surface area contributed by atoms with Crippen LogP contribution in [0.3, 0.4) is 0 Å². The molecule has 0 aromatic carbocycles. The molecule has 2 heterocycles. The number of hydrogen-bond acceptors (Lipinski definition) is 8. The number of esters is 3. The molecule has 8 heteroatoms. The Morgan fingerprint density at radius 2 is 2.07 bits per heavy atom. The van der Waals surface area contributed by atoms with Crippen LogP contribution in [0.2, 0.25) is 0 Å². The highest BCUT2D eigenvalue weighted by Gasteiger charge is 2.58. The van der Waals surface area contributed by atoms with Crippen molar-refractivity contribution in [2.75, 3.05) is 6.61 Å². The van der Waals surface area contributed by atoms with Crippen LogP contribution < -0.4 is 0 Å². The molecule has 0 aromatic heterocycles. The topological polar surface area (TPSA) is 112 Å². The number of epoxide rings is 1. The lowest BCUT2D eigenvalue weighted by Gasteiger charge is -2.29. The third-order valence-electron chi connectivity index (χ3n) is 5.95. The number of aliphatic hydroxyl groups is 1. The van der Waals surface area contributed by atoms with Gasteiger partial charge in [-0.05, 0) is 38.5 Å². The van der Waals surface area contributed by atoms with Gasteiger partial charge in [-0.2, -0.15) is 0 Å². The Morgan fingerprint density at radius 3 is 2.70 bits per heavy atom. The molecule has 0 radical (unpaired) electrons. The van der Waals surface area contributed by atoms with E-state index in [9.17, 15) is 14.4 Å². The summed E-state index contributed by atoms with van der Waals surface area (Å²) in [5, 5.41) is 9.05. The van der Waals surface area contributed by atoms with E-state index in [1.165, 1.54) is 13.0 Å². The lowest BCUT2D eigenvalue weighted by atomic mass is 9.82. The molecule has 2 fully saturated rings. The van der Waals surface area contributed by atoms with Crippen molar-refractivity contribution in [3.05, 3.63) is 35.5 Å². The number of hydrogen-bond donors (Lipinski definition) is 1. The highest BCUT2D eigenvalue weighted by atomic mass is 16.6. The van der Waals surface area contributed by atoms with Gasteiger partial charge in [0, 0.05) is 30.9 Å². The fraction of sp³-hybridized carbons (Fsp3) is 0.591. The quantitative estimate of drug-likeness (QED) is 0.241. The molecule has 30 heavy (non-hydrogen) atoms. The average molecular weight is 420 g/mol. The normalized spacial score (nSPS) is 37.8. The van der Waals surface area contributed by atoms with Crippen LogP contribution in [0.4, 0.5) is 0 Å². The van der Waals surface area contributed by atoms with Gasteiger partial charge in [0.15, 0.2) is 0 Å². The third kappa shape index (κ3) is 4.49. The lowest BCUT2D eigenvalue weighted by Crippen LogP contribution is -2.38. The summed E-state index contributed by atoms with van der Waals surface area (Å²) in [5.74, 6) is -2.15. The van der Waals surface area contributed by atoms with Gasteiger partial charge in [0.05, 0.1) is 24.2 Å². The van der Waals surface area contributed by atoms with Crippen LogP contribution in [-0.4, -0.2) is 59.6 Å². The van der Waals surface area contributed by atoms with E-state index in [0.717, 1.165) is 5.57 Å². The summed E-state index contributed by atoms with van der Waals surface area (Å²) in [6, 6.07) is 0. The van der Waals surface area contributed by atoms with E-state index in [4.69, 9.17) is 24.1 Å². The summed E-state index contributed by atoms with van der Waals surface area (Å²) >= 11 is 0. The van der Waals surface area contributed by atoms with E-state index >= 15 is 0 Å². The van der Waals surface area contributed by atoms with E-state index in [1.54, 1.807) is 19.9 Å². The van der Waals surface area contributed by atoms with E-state index in [-0.39, 0.29) is 23.9 Å². The second-order valence-electron chi connectivity index (χ2n) is 8.30. The third-order valence-corrected chi connectivity index (χ3v) is 5.95. The van der Waals surface area contributed by atoms with E-state index in [0.29, 0.717) is 12.8 Å². The zero-order valence-electron chi connectivity index (χ0n) is 17.7. The number of ether oxygens (including phenoxy) is 4. The van der Waals surface area contributed by atoms with Crippen molar-refractivity contribution in [2.24, 2.45) is 5.92 Å². The van der Waals surface area contributed by atoms with Gasteiger partial charge in [-0.15, -0.1) is 0 Å². The minimum Gasteiger partial charge on any atom is -0.458 e. The molecule has 0 saturated carbocycles. The van der Waals surface area contributed by atoms with Gasteiger partial charge >= 0.3 is 17.9 Å². The molecule has 0 bridgehead atoms. The molecule has 2 aliphatic heterocycles. The molecular weight excluding hydrogens is 392 g/mol. The first-order valence-electron chi connectivity index (χ1n) is 9.97. The molecule has 164 valence electrons. The summed E-state index contributed by atoms with van der Waals surface area (Å²) in [5.41, 5.74) is 0.605. The van der Waals surface area contributed by atoms with Gasteiger partial charge in [-0.25, -0.2) is 9.59 Å². The highest BCUT2D eigenvalue weighted by molar-refractivity contribution is 5.92. The van der Waals surface area contributed by atoms with Gasteiger partial charge in [0.2, 0.25) is 0 Å². The first kappa shape index (κ1) is 22.2. The molecule has 0 aromatic rings. The first-order chi connectivity index (χ1) is 14.1. The maximum absolute atomic E-state index is 12.5. The van der Waals surface area contributed by atoms with Crippen LogP contribution >= 0.6 is 0 Å². The summed E-state index contributed by atoms with van der Waals surface area (Å²) in [6.45, 7) is 10.2. The van der Waals surface area contributed by atoms with E-state index in [2.05, 4.69) is 6.58 Å². The first-order valence-corrected chi connectivity index (χ1v) is 9.97. The summed E-state index contributed by atoms with van der Waals surface area (Å²) in [6.07, 6.45) is 1.75. The van der Waals surface area contributed by atoms with Crippen molar-refractivity contribution in [2.45, 2.75) is 70.6 Å². The van der Waals surface area contributed by atoms with Crippen LogP contribution in [-0.2, 0) is 33.3 Å². The fourth-order valence-corrected chi connectivity index (χ4v) is 4.13. The van der Waals surface area contributed by atoms with Gasteiger partial charge in [0.1, 0.15) is 18.3 Å². The Bertz CT molecular complexity index is 825. The SMILES string of the molecule is C=C1C(=O)O[C@@H]2/C=C(/C)[C@H](OC(C)=O)C[C@H]3O[C@]3(C)C[C@@H](OC(=O)/C(C)=C/CO)[C@@H]12. The molecule has 1 N–H and O–H groups in total. The molecular formula is C22H28O8. The fourth-order valence-electron chi connectivity index (χ4n) is 4.13. The molecule has 0 spiro atoms. The smallest absolute Gasteiger partial charge is 0.334 e. The zero-order valence-corrected chi connectivity index (χ0v) is 17.7. The predicted octanol–water partition coefficient (Wildman–Crippen LogP) is 1.76. The van der Waals surface area contributed by atoms with Crippen molar-refractivity contribution in [3.8, 4) is 0 Å². The molecule has 3 aliphatic rings. The lowest BCUT2D eigenvalue weighted by molar-refractivity contribution is -0.149. The van der Waals surface area contributed by atoms with Crippen molar-refractivity contribution >= 4 is 17.9 Å². The number of fused-ring (bicyclic) bond motifs is 2. The molecule has 2 saturated heterocycles. The maximum atomic E-state index is 12.5. The van der Waals surface area contributed by atoms with Crippen LogP contribution in [0, 0.1) is 5.92 Å². The van der Waals surface area contributed by atoms with Crippen LogP contribution in [0.25, 0.3) is 0 Å². The van der Waals surface area contributed by atoms with E-state index < -0.39 is 47.7 Å². The number of carbonyl (C=O) groups is 3. The second kappa shape index (κ2) is 8.35. The van der Waals surface area contributed by atoms with Crippen LogP contribution in [0.15, 0.2) is 35.5 Å². The van der Waals surface area contributed by atoms with E-state index in [1.807, 2.05) is 6.92 Å². The Morgan fingerprint density at radius 1 is 1.37 bits per heavy atom. The zero-order chi connectivity index (χ0) is 22.2. The predicted molar refractivity (Wildman–Crippen MR) is 105 cm³/mol. The van der Waals surface area contributed by atoms with Gasteiger partial charge in [-0.1, -0.05) is 6.58 Å². The molecule has 0 unspecified atom stereocenters. The monoisotopic (exact) mass is 420 g/mol. The highest BCUT2D eigenvalue weighted by Crippen LogP contribution is 2.48. The molecule has 8 nitrogen and oxygen atoms in total. The Balaban J connectivity index is 1.97. The molecule has 1 aliphatic carbocycles. The van der Waals surface area contributed by atoms with Gasteiger partial charge < -0.3 is 24.1 Å². The minimum atomic E-state index is -0.715. The molecule has 0 amide bonds. The summed E-state index contributed by atoms with van der Waals surface area (Å²) < 4.78 is 22.6. The average Bonchev–Trinajstić information content (AvgIpc) is 3.18. The van der Waals surface area contributed by atoms with Gasteiger partial charge in [-0.3, -0.25) is 4.79 Å². The molecule has 3 rings (SSSR count). The number of carbonyl (C=O) groups excluding carboxylic acids is 3. The van der Waals surface area contributed by atoms with Crippen molar-refractivity contribution in [1.82, 2.24) is 0 Å². The van der Waals surface area contributed by atoms with Crippen molar-refractivity contribution in [3.63, 3.8) is 0 Å². The Labute approximate surface area is 175 Å². The number of rotatable bonds is 4. The van der Waals surface area contributed by atoms with Crippen molar-refractivity contribution < 1.29 is 38.4 Å². The largest absolute Gasteiger partial charge is 0.458 e. The molecule has 6 atom stereocenters. The second-order valence-corrected chi connectivity index (χ2v) is 8.30. The Hall–Kier alpha value is -2.45. The van der Waals surface area contributed by atoms with Crippen molar-refractivity contribution in [1.29, 1.82) is 0 Å². The Kier molecular flexibility index (Phi) is 6.19. The summed E-state index contributed by atoms with van der Waals surface area (Å²) in [4.78, 5) is 36.4. The standard InChI is InChI=1S/C22H28O8/c1-11(6-7-23)20(25)29-17-10-22(5)18(30-22)9-15(27-14(4)24)12(2)8-16-19(17)13(3)21(26)28-16/h6,8,15-19,23H,3,7,9-10H2,1-2,4-5H3/b11-6+,12-8-/t15-,16-,17-,18-,19+,22-/m1/s1. The summed E-state index contributed by atoms with van der Waals surface area (Å²) in [7, 11) is 0. The maximum Gasteiger partial charge on any atom is 0.334 e. The van der Waals surface area contributed by atoms with Crippen LogP contribution in [0.1, 0.15) is 40.5 Å². The minimum absolute atomic E-state index is 0.191. The van der Waals surface area contributed by atoms with Crippen LogP contribution in [0.5, 0.6) is 0 Å².